The van der Waals surface area contributed by atoms with E-state index in [4.69, 9.17) is 11.5 Å². The third-order valence-electron chi connectivity index (χ3n) is 5.78. The molecule has 0 saturated heterocycles. The van der Waals surface area contributed by atoms with Crippen molar-refractivity contribution in [1.29, 1.82) is 0 Å². The number of hydrogen-bond acceptors (Lipinski definition) is 7. The molecule has 0 fully saturated rings. The molecule has 0 aliphatic rings. The Kier molecular flexibility index (Phi) is 9.16. The van der Waals surface area contributed by atoms with E-state index in [0.717, 1.165) is 10.9 Å². The molecule has 4 amide bonds. The summed E-state index contributed by atoms with van der Waals surface area (Å²) in [7, 11) is 0. The number of primary amides is 1. The van der Waals surface area contributed by atoms with Gasteiger partial charge in [0.2, 0.25) is 23.6 Å². The van der Waals surface area contributed by atoms with Crippen LogP contribution in [-0.2, 0) is 36.8 Å². The van der Waals surface area contributed by atoms with Crippen LogP contribution in [0.3, 0.4) is 0 Å². The van der Waals surface area contributed by atoms with E-state index in [-0.39, 0.29) is 12.8 Å². The zero-order chi connectivity index (χ0) is 27.8. The van der Waals surface area contributed by atoms with Crippen LogP contribution in [0.2, 0.25) is 0 Å². The van der Waals surface area contributed by atoms with E-state index in [1.807, 2.05) is 24.3 Å². The fourth-order valence-corrected chi connectivity index (χ4v) is 3.80. The lowest BCUT2D eigenvalue weighted by atomic mass is 10.0. The molecule has 0 bridgehead atoms. The van der Waals surface area contributed by atoms with E-state index in [2.05, 4.69) is 30.9 Å². The highest BCUT2D eigenvalue weighted by Gasteiger charge is 2.31. The van der Waals surface area contributed by atoms with Gasteiger partial charge in [-0.25, -0.2) is 9.78 Å². The molecule has 0 saturated carbocycles. The quantitative estimate of drug-likeness (QED) is 0.129. The van der Waals surface area contributed by atoms with Crippen molar-refractivity contribution in [1.82, 2.24) is 30.9 Å². The number of carboxylic acids is 1. The number of amides is 4. The summed E-state index contributed by atoms with van der Waals surface area (Å²) in [5.41, 5.74) is 12.8. The molecule has 4 atom stereocenters. The second kappa shape index (κ2) is 12.5. The maximum Gasteiger partial charge on any atom is 0.326 e. The van der Waals surface area contributed by atoms with Crippen LogP contribution in [-0.4, -0.2) is 73.8 Å². The predicted molar refractivity (Wildman–Crippen MR) is 135 cm³/mol. The summed E-state index contributed by atoms with van der Waals surface area (Å²) in [6.07, 6.45) is 3.85. The molecule has 0 radical (unpaired) electrons. The Morgan fingerprint density at radius 3 is 2.24 bits per heavy atom. The monoisotopic (exact) mass is 526 g/mol. The van der Waals surface area contributed by atoms with Crippen LogP contribution in [0, 0.1) is 0 Å². The number of para-hydroxylation sites is 1. The first-order valence-electron chi connectivity index (χ1n) is 11.7. The maximum atomic E-state index is 13.3. The minimum Gasteiger partial charge on any atom is -0.480 e. The molecular formula is C24H30N8O6. The van der Waals surface area contributed by atoms with Gasteiger partial charge in [0.1, 0.15) is 18.1 Å². The second-order valence-electron chi connectivity index (χ2n) is 8.83. The van der Waals surface area contributed by atoms with E-state index in [9.17, 15) is 29.1 Å². The highest BCUT2D eigenvalue weighted by molar-refractivity contribution is 5.96. The van der Waals surface area contributed by atoms with E-state index < -0.39 is 60.2 Å². The lowest BCUT2D eigenvalue weighted by Gasteiger charge is -2.24. The molecule has 38 heavy (non-hydrogen) atoms. The number of rotatable bonds is 13. The number of nitrogens with one attached hydrogen (secondary N) is 5. The molecule has 2 heterocycles. The number of carboxylic acid groups (broad SMARTS) is 1. The number of aromatic nitrogens is 3. The number of H-pyrrole nitrogens is 2. The number of hydrogen-bond donors (Lipinski definition) is 8. The van der Waals surface area contributed by atoms with Gasteiger partial charge in [-0.3, -0.25) is 19.2 Å². The fraction of sp³-hybridized carbons (Fsp3) is 0.333. The molecule has 1 aromatic carbocycles. The molecule has 14 heteroatoms. The number of carbonyl (C=O) groups is 5. The number of carbonyl (C=O) groups excluding carboxylic acids is 4. The van der Waals surface area contributed by atoms with Gasteiger partial charge in [0.05, 0.1) is 18.8 Å². The van der Waals surface area contributed by atoms with Crippen molar-refractivity contribution in [3.8, 4) is 0 Å². The normalized spacial score (nSPS) is 14.2. The summed E-state index contributed by atoms with van der Waals surface area (Å²) in [5, 5.41) is 17.8. The SMILES string of the molecule is CC(N)C(=O)NC(CC(N)=O)C(=O)NC(Cc1c[nH]c2ccccc12)C(=O)NC(Cc1cnc[nH]1)C(=O)O. The largest absolute Gasteiger partial charge is 0.480 e. The van der Waals surface area contributed by atoms with Gasteiger partial charge in [-0.1, -0.05) is 18.2 Å². The van der Waals surface area contributed by atoms with Crippen LogP contribution < -0.4 is 27.4 Å². The van der Waals surface area contributed by atoms with Crippen molar-refractivity contribution < 1.29 is 29.1 Å². The standard InChI is InChI=1S/C24H30N8O6/c1-12(25)21(34)30-18(8-20(26)33)23(36)31-17(6-13-9-28-16-5-3-2-4-15(13)16)22(35)32-19(24(37)38)7-14-10-27-11-29-14/h2-5,9-12,17-19,28H,6-8,25H2,1H3,(H2,26,33)(H,27,29)(H,30,34)(H,31,36)(H,32,35)(H,37,38). The van der Waals surface area contributed by atoms with Crippen molar-refractivity contribution in [3.63, 3.8) is 0 Å². The summed E-state index contributed by atoms with van der Waals surface area (Å²) in [4.78, 5) is 71.7. The Balaban J connectivity index is 1.86. The van der Waals surface area contributed by atoms with Gasteiger partial charge in [-0.2, -0.15) is 0 Å². The van der Waals surface area contributed by atoms with E-state index in [1.165, 1.54) is 19.4 Å². The minimum atomic E-state index is -1.40. The van der Waals surface area contributed by atoms with Gasteiger partial charge in [-0.05, 0) is 18.6 Å². The van der Waals surface area contributed by atoms with Gasteiger partial charge < -0.3 is 42.5 Å². The summed E-state index contributed by atoms with van der Waals surface area (Å²) in [6.45, 7) is 1.40. The Labute approximate surface area is 216 Å². The number of aliphatic carboxylic acids is 1. The third-order valence-corrected chi connectivity index (χ3v) is 5.78. The summed E-state index contributed by atoms with van der Waals surface area (Å²) < 4.78 is 0. The van der Waals surface area contributed by atoms with Crippen molar-refractivity contribution in [2.45, 2.75) is 50.4 Å². The number of imidazole rings is 1. The van der Waals surface area contributed by atoms with Gasteiger partial charge in [0, 0.05) is 41.8 Å². The van der Waals surface area contributed by atoms with Crippen molar-refractivity contribution in [2.24, 2.45) is 11.5 Å². The average Bonchev–Trinajstić information content (AvgIpc) is 3.52. The first kappa shape index (κ1) is 27.9. The number of nitrogens with zero attached hydrogens (tertiary/aromatic N) is 1. The third kappa shape index (κ3) is 7.39. The van der Waals surface area contributed by atoms with Crippen molar-refractivity contribution in [3.05, 3.63) is 54.2 Å². The highest BCUT2D eigenvalue weighted by Crippen LogP contribution is 2.19. The molecule has 0 aliphatic carbocycles. The van der Waals surface area contributed by atoms with Crippen molar-refractivity contribution >= 4 is 40.5 Å². The molecule has 202 valence electrons. The average molecular weight is 527 g/mol. The zero-order valence-electron chi connectivity index (χ0n) is 20.6. The van der Waals surface area contributed by atoms with E-state index >= 15 is 0 Å². The minimum absolute atomic E-state index is 0.0253. The number of aromatic amines is 2. The van der Waals surface area contributed by atoms with Gasteiger partial charge in [0.25, 0.3) is 0 Å². The van der Waals surface area contributed by atoms with Crippen molar-refractivity contribution in [2.75, 3.05) is 0 Å². The molecule has 2 aromatic heterocycles. The molecule has 10 N–H and O–H groups in total. The fourth-order valence-electron chi connectivity index (χ4n) is 3.80. The molecule has 3 rings (SSSR count). The van der Waals surface area contributed by atoms with Crippen LogP contribution in [0.4, 0.5) is 0 Å². The number of nitrogens with two attached hydrogens (primary N) is 2. The molecular weight excluding hydrogens is 496 g/mol. The summed E-state index contributed by atoms with van der Waals surface area (Å²) in [5.74, 6) is -4.50. The number of benzene rings is 1. The Morgan fingerprint density at radius 2 is 1.61 bits per heavy atom. The van der Waals surface area contributed by atoms with E-state index in [0.29, 0.717) is 11.3 Å². The second-order valence-corrected chi connectivity index (χ2v) is 8.83. The molecule has 4 unspecified atom stereocenters. The molecule has 0 aliphatic heterocycles. The maximum absolute atomic E-state index is 13.3. The van der Waals surface area contributed by atoms with Crippen LogP contribution >= 0.6 is 0 Å². The van der Waals surface area contributed by atoms with Crippen LogP contribution in [0.5, 0.6) is 0 Å². The van der Waals surface area contributed by atoms with Crippen LogP contribution in [0.15, 0.2) is 43.0 Å². The molecule has 14 nitrogen and oxygen atoms in total. The summed E-state index contributed by atoms with van der Waals surface area (Å²) in [6, 6.07) is 2.34. The van der Waals surface area contributed by atoms with Crippen LogP contribution in [0.25, 0.3) is 10.9 Å². The van der Waals surface area contributed by atoms with Gasteiger partial charge >= 0.3 is 5.97 Å². The Bertz CT molecular complexity index is 1300. The van der Waals surface area contributed by atoms with Gasteiger partial charge in [-0.15, -0.1) is 0 Å². The predicted octanol–water partition coefficient (Wildman–Crippen LogP) is -1.56. The first-order valence-corrected chi connectivity index (χ1v) is 11.7. The smallest absolute Gasteiger partial charge is 0.326 e. The lowest BCUT2D eigenvalue weighted by molar-refractivity contribution is -0.142. The molecule has 0 spiro atoms. The lowest BCUT2D eigenvalue weighted by Crippen LogP contribution is -2.58. The topological polar surface area (TPSA) is 238 Å². The van der Waals surface area contributed by atoms with E-state index in [1.54, 1.807) is 6.20 Å². The number of fused-ring (bicyclic) bond motifs is 1. The first-order chi connectivity index (χ1) is 18.0. The molecule has 3 aromatic rings. The summed E-state index contributed by atoms with van der Waals surface area (Å²) >= 11 is 0. The van der Waals surface area contributed by atoms with Gasteiger partial charge in [0.15, 0.2) is 0 Å². The highest BCUT2D eigenvalue weighted by atomic mass is 16.4. The Hall–Kier alpha value is -4.72. The zero-order valence-corrected chi connectivity index (χ0v) is 20.6. The Morgan fingerprint density at radius 1 is 0.947 bits per heavy atom. The van der Waals surface area contributed by atoms with Crippen LogP contribution in [0.1, 0.15) is 24.6 Å².